The second-order valence-corrected chi connectivity index (χ2v) is 7.34. The van der Waals surface area contributed by atoms with E-state index in [1.54, 1.807) is 11.8 Å². The van der Waals surface area contributed by atoms with Crippen molar-refractivity contribution < 1.29 is 4.79 Å². The number of amides is 1. The first-order valence-corrected chi connectivity index (χ1v) is 9.22. The first-order valence-electron chi connectivity index (χ1n) is 6.70. The monoisotopic (exact) mass is 330 g/mol. The fourth-order valence-corrected chi connectivity index (χ4v) is 3.78. The van der Waals surface area contributed by atoms with Crippen LogP contribution in [-0.4, -0.2) is 42.3 Å². The van der Waals surface area contributed by atoms with Crippen LogP contribution < -0.4 is 10.6 Å². The Hall–Kier alpha value is -0.360. The Labute approximate surface area is 133 Å². The first-order chi connectivity index (χ1) is 9.74. The van der Waals surface area contributed by atoms with Gasteiger partial charge in [-0.2, -0.15) is 11.8 Å². The summed E-state index contributed by atoms with van der Waals surface area (Å²) in [5, 5.41) is 7.10. The summed E-state index contributed by atoms with van der Waals surface area (Å²) in [6.45, 7) is 1.71. The van der Waals surface area contributed by atoms with Gasteiger partial charge in [0.2, 0.25) is 5.91 Å². The number of halogens is 1. The van der Waals surface area contributed by atoms with Crippen LogP contribution in [0.4, 0.5) is 0 Å². The number of hydrogen-bond donors (Lipinski definition) is 2. The van der Waals surface area contributed by atoms with E-state index < -0.39 is 0 Å². The number of carbonyl (C=O) groups excluding carboxylic acids is 1. The molecule has 3 nitrogen and oxygen atoms in total. The highest BCUT2D eigenvalue weighted by atomic mass is 35.5. The molecule has 2 rings (SSSR count). The average molecular weight is 331 g/mol. The molecule has 110 valence electrons. The number of thioether (sulfide) groups is 2. The number of benzene rings is 1. The van der Waals surface area contributed by atoms with Gasteiger partial charge in [-0.05, 0) is 24.3 Å². The highest BCUT2D eigenvalue weighted by Crippen LogP contribution is 2.19. The summed E-state index contributed by atoms with van der Waals surface area (Å²) in [6, 6.07) is 8.09. The van der Waals surface area contributed by atoms with Crippen molar-refractivity contribution >= 4 is 41.0 Å². The van der Waals surface area contributed by atoms with Crippen LogP contribution in [0.5, 0.6) is 0 Å². The van der Waals surface area contributed by atoms with Gasteiger partial charge in [0, 0.05) is 52.7 Å². The first kappa shape index (κ1) is 16.0. The van der Waals surface area contributed by atoms with E-state index >= 15 is 0 Å². The molecule has 0 aromatic heterocycles. The van der Waals surface area contributed by atoms with Crippen LogP contribution in [0.3, 0.4) is 0 Å². The Kier molecular flexibility index (Phi) is 7.07. The zero-order chi connectivity index (χ0) is 14.2. The predicted molar refractivity (Wildman–Crippen MR) is 88.9 cm³/mol. The third kappa shape index (κ3) is 5.95. The molecule has 20 heavy (non-hydrogen) atoms. The molecule has 1 atom stereocenters. The summed E-state index contributed by atoms with van der Waals surface area (Å²) >= 11 is 9.47. The second-order valence-electron chi connectivity index (χ2n) is 4.58. The predicted octanol–water partition coefficient (Wildman–Crippen LogP) is 2.64. The molecule has 0 spiro atoms. The normalized spacial score (nSPS) is 18.8. The molecule has 0 radical (unpaired) electrons. The largest absolute Gasteiger partial charge is 0.355 e. The molecule has 1 aliphatic rings. The molecule has 1 saturated heterocycles. The van der Waals surface area contributed by atoms with Gasteiger partial charge < -0.3 is 10.6 Å². The van der Waals surface area contributed by atoms with Crippen molar-refractivity contribution in [2.45, 2.75) is 17.4 Å². The number of rotatable bonds is 6. The molecule has 0 bridgehead atoms. The van der Waals surface area contributed by atoms with Crippen molar-refractivity contribution in [2.24, 2.45) is 0 Å². The maximum Gasteiger partial charge on any atom is 0.221 e. The smallest absolute Gasteiger partial charge is 0.221 e. The van der Waals surface area contributed by atoms with Gasteiger partial charge in [-0.3, -0.25) is 4.79 Å². The van der Waals surface area contributed by atoms with Crippen LogP contribution in [0.1, 0.15) is 6.42 Å². The van der Waals surface area contributed by atoms with Gasteiger partial charge in [-0.15, -0.1) is 11.8 Å². The van der Waals surface area contributed by atoms with Crippen LogP contribution in [0.2, 0.25) is 5.02 Å². The molecule has 1 heterocycles. The van der Waals surface area contributed by atoms with E-state index in [0.29, 0.717) is 19.0 Å². The Balaban J connectivity index is 1.58. The molecule has 1 aromatic carbocycles. The van der Waals surface area contributed by atoms with Gasteiger partial charge in [0.15, 0.2) is 0 Å². The lowest BCUT2D eigenvalue weighted by atomic mass is 10.2. The van der Waals surface area contributed by atoms with Gasteiger partial charge in [0.1, 0.15) is 0 Å². The SMILES string of the molecule is O=C(CC1CSCCN1)NCCSc1ccc(Cl)cc1. The zero-order valence-corrected chi connectivity index (χ0v) is 13.6. The second kappa shape index (κ2) is 8.82. The lowest BCUT2D eigenvalue weighted by Gasteiger charge is -2.22. The summed E-state index contributed by atoms with van der Waals surface area (Å²) < 4.78 is 0. The van der Waals surface area contributed by atoms with Crippen LogP contribution in [0.25, 0.3) is 0 Å². The van der Waals surface area contributed by atoms with E-state index in [1.165, 1.54) is 4.90 Å². The highest BCUT2D eigenvalue weighted by molar-refractivity contribution is 7.99. The van der Waals surface area contributed by atoms with E-state index in [4.69, 9.17) is 11.6 Å². The van der Waals surface area contributed by atoms with Gasteiger partial charge in [-0.25, -0.2) is 0 Å². The number of hydrogen-bond acceptors (Lipinski definition) is 4. The molecular weight excluding hydrogens is 312 g/mol. The minimum atomic E-state index is 0.140. The van der Waals surface area contributed by atoms with Crippen molar-refractivity contribution in [3.63, 3.8) is 0 Å². The van der Waals surface area contributed by atoms with Gasteiger partial charge in [0.25, 0.3) is 0 Å². The molecule has 2 N–H and O–H groups in total. The average Bonchev–Trinajstić information content (AvgIpc) is 2.46. The van der Waals surface area contributed by atoms with E-state index in [2.05, 4.69) is 10.6 Å². The van der Waals surface area contributed by atoms with Crippen LogP contribution in [0.15, 0.2) is 29.2 Å². The Morgan fingerprint density at radius 3 is 2.95 bits per heavy atom. The van der Waals surface area contributed by atoms with Crippen molar-refractivity contribution in [3.8, 4) is 0 Å². The standard InChI is InChI=1S/C14H19ClN2OS2/c15-11-1-3-13(4-2-11)20-8-6-17-14(18)9-12-10-19-7-5-16-12/h1-4,12,16H,5-10H2,(H,17,18). The number of nitrogens with one attached hydrogen (secondary N) is 2. The summed E-state index contributed by atoms with van der Waals surface area (Å²) in [5.74, 6) is 3.20. The van der Waals surface area contributed by atoms with Crippen LogP contribution in [0, 0.1) is 0 Å². The highest BCUT2D eigenvalue weighted by Gasteiger charge is 2.16. The Bertz CT molecular complexity index is 422. The summed E-state index contributed by atoms with van der Waals surface area (Å²) in [6.07, 6.45) is 0.582. The molecule has 1 aliphatic heterocycles. The minimum Gasteiger partial charge on any atom is -0.355 e. The molecule has 1 amide bonds. The van der Waals surface area contributed by atoms with E-state index in [1.807, 2.05) is 36.0 Å². The molecule has 1 fully saturated rings. The zero-order valence-electron chi connectivity index (χ0n) is 11.2. The summed E-state index contributed by atoms with van der Waals surface area (Å²) in [5.41, 5.74) is 0. The topological polar surface area (TPSA) is 41.1 Å². The minimum absolute atomic E-state index is 0.140. The maximum absolute atomic E-state index is 11.8. The van der Waals surface area contributed by atoms with Crippen molar-refractivity contribution in [1.82, 2.24) is 10.6 Å². The van der Waals surface area contributed by atoms with E-state index in [9.17, 15) is 4.79 Å². The molecule has 0 aliphatic carbocycles. The molecule has 6 heteroatoms. The fraction of sp³-hybridized carbons (Fsp3) is 0.500. The molecule has 1 aromatic rings. The van der Waals surface area contributed by atoms with Gasteiger partial charge in [-0.1, -0.05) is 11.6 Å². The third-order valence-electron chi connectivity index (χ3n) is 2.94. The van der Waals surface area contributed by atoms with Crippen molar-refractivity contribution in [2.75, 3.05) is 30.3 Å². The van der Waals surface area contributed by atoms with Crippen molar-refractivity contribution in [1.29, 1.82) is 0 Å². The number of carbonyl (C=O) groups is 1. The molecule has 0 saturated carbocycles. The molecule has 1 unspecified atom stereocenters. The third-order valence-corrected chi connectivity index (χ3v) is 5.33. The Morgan fingerprint density at radius 2 is 2.25 bits per heavy atom. The summed E-state index contributed by atoms with van der Waals surface area (Å²) in [7, 11) is 0. The van der Waals surface area contributed by atoms with Crippen LogP contribution in [-0.2, 0) is 4.79 Å². The fourth-order valence-electron chi connectivity index (χ4n) is 1.94. The maximum atomic E-state index is 11.8. The van der Waals surface area contributed by atoms with Crippen molar-refractivity contribution in [3.05, 3.63) is 29.3 Å². The van der Waals surface area contributed by atoms with Gasteiger partial charge in [0.05, 0.1) is 0 Å². The molecular formula is C14H19ClN2OS2. The Morgan fingerprint density at radius 1 is 1.45 bits per heavy atom. The lowest BCUT2D eigenvalue weighted by Crippen LogP contribution is -2.41. The lowest BCUT2D eigenvalue weighted by molar-refractivity contribution is -0.121. The quantitative estimate of drug-likeness (QED) is 0.621. The van der Waals surface area contributed by atoms with E-state index in [-0.39, 0.29) is 5.91 Å². The van der Waals surface area contributed by atoms with Gasteiger partial charge >= 0.3 is 0 Å². The van der Waals surface area contributed by atoms with Crippen LogP contribution >= 0.6 is 35.1 Å². The van der Waals surface area contributed by atoms with E-state index in [0.717, 1.165) is 28.8 Å². The summed E-state index contributed by atoms with van der Waals surface area (Å²) in [4.78, 5) is 13.0.